The second-order valence-electron chi connectivity index (χ2n) is 3.80. The second kappa shape index (κ2) is 6.54. The highest BCUT2D eigenvalue weighted by Crippen LogP contribution is 2.30. The van der Waals surface area contributed by atoms with E-state index in [1.54, 1.807) is 0 Å². The molecule has 0 saturated carbocycles. The molecular formula is C13H12Br2INO. The van der Waals surface area contributed by atoms with Crippen LogP contribution in [0.3, 0.4) is 0 Å². The molecule has 0 saturated heterocycles. The topological polar surface area (TPSA) is 25.2 Å². The van der Waals surface area contributed by atoms with E-state index in [9.17, 15) is 0 Å². The van der Waals surface area contributed by atoms with Crippen molar-refractivity contribution in [3.63, 3.8) is 0 Å². The van der Waals surface area contributed by atoms with E-state index in [0.717, 1.165) is 21.4 Å². The average molecular weight is 485 g/mol. The zero-order valence-corrected chi connectivity index (χ0v) is 15.0. The SMILES string of the molecule is CCNC(c1ccc(Br)o1)c1cc(Br)ccc1I. The Morgan fingerprint density at radius 1 is 1.28 bits per heavy atom. The first-order valence-corrected chi connectivity index (χ1v) is 8.22. The van der Waals surface area contributed by atoms with Gasteiger partial charge < -0.3 is 9.73 Å². The number of benzene rings is 1. The Bertz CT molecular complexity index is 542. The van der Waals surface area contributed by atoms with E-state index in [1.807, 2.05) is 18.2 Å². The van der Waals surface area contributed by atoms with Crippen molar-refractivity contribution in [1.82, 2.24) is 5.32 Å². The molecule has 0 aliphatic rings. The lowest BCUT2D eigenvalue weighted by Gasteiger charge is -2.18. The first-order chi connectivity index (χ1) is 8.61. The molecular weight excluding hydrogens is 473 g/mol. The van der Waals surface area contributed by atoms with Crippen LogP contribution in [0.1, 0.15) is 24.3 Å². The van der Waals surface area contributed by atoms with Gasteiger partial charge >= 0.3 is 0 Å². The molecule has 18 heavy (non-hydrogen) atoms. The van der Waals surface area contributed by atoms with E-state index in [1.165, 1.54) is 9.13 Å². The summed E-state index contributed by atoms with van der Waals surface area (Å²) in [4.78, 5) is 0. The van der Waals surface area contributed by atoms with Crippen LogP contribution in [0.5, 0.6) is 0 Å². The number of hydrogen-bond acceptors (Lipinski definition) is 2. The van der Waals surface area contributed by atoms with Gasteiger partial charge in [0.1, 0.15) is 5.76 Å². The fourth-order valence-corrected chi connectivity index (χ4v) is 3.13. The van der Waals surface area contributed by atoms with Gasteiger partial charge in [0, 0.05) is 8.04 Å². The van der Waals surface area contributed by atoms with Crippen molar-refractivity contribution < 1.29 is 4.42 Å². The molecule has 0 aliphatic heterocycles. The third kappa shape index (κ3) is 3.37. The fourth-order valence-electron chi connectivity index (χ4n) is 1.79. The van der Waals surface area contributed by atoms with Crippen molar-refractivity contribution in [2.24, 2.45) is 0 Å². The van der Waals surface area contributed by atoms with Gasteiger partial charge in [0.2, 0.25) is 0 Å². The second-order valence-corrected chi connectivity index (χ2v) is 6.66. The molecule has 1 unspecified atom stereocenters. The summed E-state index contributed by atoms with van der Waals surface area (Å²) in [6, 6.07) is 10.3. The highest BCUT2D eigenvalue weighted by atomic mass is 127. The molecule has 0 aliphatic carbocycles. The lowest BCUT2D eigenvalue weighted by Crippen LogP contribution is -2.22. The Balaban J connectivity index is 2.44. The smallest absolute Gasteiger partial charge is 0.169 e. The van der Waals surface area contributed by atoms with Crippen molar-refractivity contribution in [1.29, 1.82) is 0 Å². The molecule has 2 rings (SSSR count). The van der Waals surface area contributed by atoms with E-state index in [2.05, 4.69) is 78.8 Å². The predicted octanol–water partition coefficient (Wildman–Crippen LogP) is 5.11. The quantitative estimate of drug-likeness (QED) is 0.610. The largest absolute Gasteiger partial charge is 0.452 e. The van der Waals surface area contributed by atoms with E-state index >= 15 is 0 Å². The van der Waals surface area contributed by atoms with Crippen molar-refractivity contribution in [2.45, 2.75) is 13.0 Å². The lowest BCUT2D eigenvalue weighted by atomic mass is 10.0. The number of hydrogen-bond donors (Lipinski definition) is 1. The minimum atomic E-state index is 0.0747. The summed E-state index contributed by atoms with van der Waals surface area (Å²) in [7, 11) is 0. The zero-order valence-electron chi connectivity index (χ0n) is 9.71. The third-order valence-electron chi connectivity index (χ3n) is 2.56. The molecule has 1 aromatic heterocycles. The van der Waals surface area contributed by atoms with Crippen LogP contribution in [-0.2, 0) is 0 Å². The summed E-state index contributed by atoms with van der Waals surface area (Å²) in [6.45, 7) is 2.97. The number of rotatable bonds is 4. The first-order valence-electron chi connectivity index (χ1n) is 5.55. The molecule has 1 atom stereocenters. The molecule has 0 bridgehead atoms. The molecule has 0 spiro atoms. The molecule has 1 N–H and O–H groups in total. The molecule has 5 heteroatoms. The summed E-state index contributed by atoms with van der Waals surface area (Å²) in [5.41, 5.74) is 1.22. The van der Waals surface area contributed by atoms with E-state index in [4.69, 9.17) is 4.42 Å². The Morgan fingerprint density at radius 3 is 2.67 bits per heavy atom. The summed E-state index contributed by atoms with van der Waals surface area (Å²) in [5, 5.41) is 3.46. The molecule has 0 radical (unpaired) electrons. The summed E-state index contributed by atoms with van der Waals surface area (Å²) >= 11 is 9.23. The maximum Gasteiger partial charge on any atom is 0.169 e. The standard InChI is InChI=1S/C13H12Br2INO/c1-2-17-13(11-5-6-12(15)18-11)9-7-8(14)3-4-10(9)16/h3-7,13,17H,2H2,1H3. The Kier molecular flexibility index (Phi) is 5.29. The van der Waals surface area contributed by atoms with Gasteiger partial charge in [0.05, 0.1) is 6.04 Å². The van der Waals surface area contributed by atoms with E-state index in [0.29, 0.717) is 0 Å². The summed E-state index contributed by atoms with van der Waals surface area (Å²) < 4.78 is 8.73. The molecule has 0 amide bonds. The van der Waals surface area contributed by atoms with Crippen molar-refractivity contribution in [3.05, 3.63) is 54.4 Å². The number of halogens is 3. The molecule has 1 aromatic carbocycles. The van der Waals surface area contributed by atoms with Gasteiger partial charge in [-0.15, -0.1) is 0 Å². The predicted molar refractivity (Wildman–Crippen MR) is 88.8 cm³/mol. The summed E-state index contributed by atoms with van der Waals surface area (Å²) in [6.07, 6.45) is 0. The minimum Gasteiger partial charge on any atom is -0.452 e. The van der Waals surface area contributed by atoms with Crippen LogP contribution in [0.25, 0.3) is 0 Å². The summed E-state index contributed by atoms with van der Waals surface area (Å²) in [5.74, 6) is 0.916. The van der Waals surface area contributed by atoms with Crippen LogP contribution in [-0.4, -0.2) is 6.54 Å². The average Bonchev–Trinajstić information content (AvgIpc) is 2.76. The Labute approximate surface area is 137 Å². The maximum atomic E-state index is 5.68. The highest BCUT2D eigenvalue weighted by Gasteiger charge is 2.19. The number of furan rings is 1. The van der Waals surface area contributed by atoms with Gasteiger partial charge in [-0.05, 0) is 81.0 Å². The van der Waals surface area contributed by atoms with Gasteiger partial charge in [-0.1, -0.05) is 22.9 Å². The maximum absolute atomic E-state index is 5.68. The minimum absolute atomic E-state index is 0.0747. The van der Waals surface area contributed by atoms with Crippen LogP contribution in [0.4, 0.5) is 0 Å². The van der Waals surface area contributed by atoms with E-state index in [-0.39, 0.29) is 6.04 Å². The van der Waals surface area contributed by atoms with Crippen molar-refractivity contribution in [3.8, 4) is 0 Å². The van der Waals surface area contributed by atoms with Gasteiger partial charge in [-0.25, -0.2) is 0 Å². The van der Waals surface area contributed by atoms with Gasteiger partial charge in [0.25, 0.3) is 0 Å². The highest BCUT2D eigenvalue weighted by molar-refractivity contribution is 14.1. The van der Waals surface area contributed by atoms with Crippen LogP contribution >= 0.6 is 54.5 Å². The fraction of sp³-hybridized carbons (Fsp3) is 0.231. The Hall–Kier alpha value is 0.150. The van der Waals surface area contributed by atoms with Crippen LogP contribution in [0.2, 0.25) is 0 Å². The third-order valence-corrected chi connectivity index (χ3v) is 4.46. The first kappa shape index (κ1) is 14.6. The Morgan fingerprint density at radius 2 is 2.06 bits per heavy atom. The zero-order chi connectivity index (χ0) is 13.1. The van der Waals surface area contributed by atoms with Crippen molar-refractivity contribution in [2.75, 3.05) is 6.54 Å². The lowest BCUT2D eigenvalue weighted by molar-refractivity contribution is 0.437. The van der Waals surface area contributed by atoms with Crippen LogP contribution < -0.4 is 5.32 Å². The number of nitrogens with one attached hydrogen (secondary N) is 1. The molecule has 2 nitrogen and oxygen atoms in total. The molecule has 96 valence electrons. The van der Waals surface area contributed by atoms with Crippen LogP contribution in [0, 0.1) is 3.57 Å². The van der Waals surface area contributed by atoms with Gasteiger partial charge in [0.15, 0.2) is 4.67 Å². The van der Waals surface area contributed by atoms with Crippen LogP contribution in [0.15, 0.2) is 43.9 Å². The van der Waals surface area contributed by atoms with Gasteiger partial charge in [-0.3, -0.25) is 0 Å². The van der Waals surface area contributed by atoms with Gasteiger partial charge in [-0.2, -0.15) is 0 Å². The monoisotopic (exact) mass is 483 g/mol. The molecule has 0 fully saturated rings. The normalized spacial score (nSPS) is 12.7. The molecule has 1 heterocycles. The molecule has 2 aromatic rings. The van der Waals surface area contributed by atoms with E-state index < -0.39 is 0 Å². The van der Waals surface area contributed by atoms with Crippen molar-refractivity contribution >= 4 is 54.5 Å².